The summed E-state index contributed by atoms with van der Waals surface area (Å²) in [6.45, 7) is 4.88. The maximum Gasteiger partial charge on any atom is 0.275 e. The van der Waals surface area contributed by atoms with Gasteiger partial charge in [-0.15, -0.1) is 0 Å². The number of amides is 1. The second-order valence-corrected chi connectivity index (χ2v) is 6.95. The SMILES string of the molecule is Cc1cc(C(=O)N2Cc3cc(-c4cccnc4)ccc3OCC2C)nn1C. The fourth-order valence-electron chi connectivity index (χ4n) is 3.28. The normalized spacial score (nSPS) is 16.4. The Bertz CT molecular complexity index is 962. The average Bonchev–Trinajstić information content (AvgIpc) is 2.93. The molecule has 4 rings (SSSR count). The van der Waals surface area contributed by atoms with Crippen LogP contribution in [0.25, 0.3) is 11.1 Å². The molecule has 1 aliphatic rings. The first-order valence-electron chi connectivity index (χ1n) is 9.00. The molecule has 1 aromatic carbocycles. The van der Waals surface area contributed by atoms with E-state index < -0.39 is 0 Å². The number of carbonyl (C=O) groups is 1. The molecule has 6 heteroatoms. The summed E-state index contributed by atoms with van der Waals surface area (Å²) in [6, 6.07) is 11.8. The van der Waals surface area contributed by atoms with Gasteiger partial charge in [0.25, 0.3) is 5.91 Å². The largest absolute Gasteiger partial charge is 0.491 e. The molecule has 0 spiro atoms. The lowest BCUT2D eigenvalue weighted by Crippen LogP contribution is -2.40. The van der Waals surface area contributed by atoms with Crippen LogP contribution in [0.3, 0.4) is 0 Å². The van der Waals surface area contributed by atoms with E-state index in [1.807, 2.05) is 62.3 Å². The second-order valence-electron chi connectivity index (χ2n) is 6.95. The summed E-state index contributed by atoms with van der Waals surface area (Å²) in [4.78, 5) is 19.1. The standard InChI is InChI=1S/C21H22N4O2/c1-14-9-19(23-24(14)3)21(26)25-12-18-10-16(17-5-4-8-22-11-17)6-7-20(18)27-13-15(25)2/h4-11,15H,12-13H2,1-3H3. The molecular formula is C21H22N4O2. The Morgan fingerprint density at radius 2 is 2.07 bits per heavy atom. The van der Waals surface area contributed by atoms with E-state index in [1.165, 1.54) is 0 Å². The minimum absolute atomic E-state index is 0.0472. The van der Waals surface area contributed by atoms with Crippen molar-refractivity contribution < 1.29 is 9.53 Å². The summed E-state index contributed by atoms with van der Waals surface area (Å²) < 4.78 is 7.68. The quantitative estimate of drug-likeness (QED) is 0.702. The lowest BCUT2D eigenvalue weighted by Gasteiger charge is -2.25. The molecule has 3 heterocycles. The van der Waals surface area contributed by atoms with E-state index in [0.717, 1.165) is 28.1 Å². The zero-order chi connectivity index (χ0) is 19.0. The number of hydrogen-bond donors (Lipinski definition) is 0. The van der Waals surface area contributed by atoms with Gasteiger partial charge >= 0.3 is 0 Å². The van der Waals surface area contributed by atoms with Gasteiger partial charge in [-0.25, -0.2) is 0 Å². The van der Waals surface area contributed by atoms with Crippen LogP contribution in [-0.4, -0.2) is 38.2 Å². The van der Waals surface area contributed by atoms with Crippen molar-refractivity contribution in [3.63, 3.8) is 0 Å². The Kier molecular flexibility index (Phi) is 4.39. The van der Waals surface area contributed by atoms with E-state index in [2.05, 4.69) is 16.1 Å². The zero-order valence-electron chi connectivity index (χ0n) is 15.7. The number of fused-ring (bicyclic) bond motifs is 1. The van der Waals surface area contributed by atoms with Gasteiger partial charge in [-0.1, -0.05) is 12.1 Å². The maximum atomic E-state index is 13.1. The second kappa shape index (κ2) is 6.87. The Morgan fingerprint density at radius 3 is 2.78 bits per heavy atom. The van der Waals surface area contributed by atoms with Gasteiger partial charge in [0.15, 0.2) is 5.69 Å². The van der Waals surface area contributed by atoms with Crippen molar-refractivity contribution >= 4 is 5.91 Å². The number of carbonyl (C=O) groups excluding carboxylic acids is 1. The van der Waals surface area contributed by atoms with Crippen LogP contribution in [0.15, 0.2) is 48.8 Å². The molecule has 27 heavy (non-hydrogen) atoms. The molecular weight excluding hydrogens is 340 g/mol. The summed E-state index contributed by atoms with van der Waals surface area (Å²) in [5.41, 5.74) is 4.50. The van der Waals surface area contributed by atoms with Crippen molar-refractivity contribution in [1.82, 2.24) is 19.7 Å². The van der Waals surface area contributed by atoms with Crippen molar-refractivity contribution in [3.8, 4) is 16.9 Å². The minimum atomic E-state index is -0.0746. The Balaban J connectivity index is 1.68. The van der Waals surface area contributed by atoms with Gasteiger partial charge in [0.2, 0.25) is 0 Å². The molecule has 0 radical (unpaired) electrons. The molecule has 1 unspecified atom stereocenters. The summed E-state index contributed by atoms with van der Waals surface area (Å²) >= 11 is 0. The van der Waals surface area contributed by atoms with Gasteiger partial charge in [0, 0.05) is 36.3 Å². The summed E-state index contributed by atoms with van der Waals surface area (Å²) in [7, 11) is 1.84. The van der Waals surface area contributed by atoms with Crippen LogP contribution < -0.4 is 4.74 Å². The number of aryl methyl sites for hydroxylation is 2. The van der Waals surface area contributed by atoms with Crippen LogP contribution in [-0.2, 0) is 13.6 Å². The molecule has 0 bridgehead atoms. The van der Waals surface area contributed by atoms with Crippen LogP contribution in [0.4, 0.5) is 0 Å². The monoisotopic (exact) mass is 362 g/mol. The van der Waals surface area contributed by atoms with Crippen molar-refractivity contribution in [2.24, 2.45) is 7.05 Å². The third-order valence-electron chi connectivity index (χ3n) is 5.00. The lowest BCUT2D eigenvalue weighted by molar-refractivity contribution is 0.0638. The van der Waals surface area contributed by atoms with Gasteiger partial charge in [-0.3, -0.25) is 14.5 Å². The van der Waals surface area contributed by atoms with E-state index in [1.54, 1.807) is 10.9 Å². The molecule has 3 aromatic rings. The van der Waals surface area contributed by atoms with Crippen molar-refractivity contribution in [3.05, 3.63) is 65.7 Å². The molecule has 0 fully saturated rings. The van der Waals surface area contributed by atoms with Crippen molar-refractivity contribution in [2.75, 3.05) is 6.61 Å². The average molecular weight is 362 g/mol. The number of aromatic nitrogens is 3. The summed E-state index contributed by atoms with van der Waals surface area (Å²) in [6.07, 6.45) is 3.59. The van der Waals surface area contributed by atoms with Crippen LogP contribution in [0.5, 0.6) is 5.75 Å². The smallest absolute Gasteiger partial charge is 0.275 e. The first kappa shape index (κ1) is 17.3. The number of benzene rings is 1. The third-order valence-corrected chi connectivity index (χ3v) is 5.00. The fourth-order valence-corrected chi connectivity index (χ4v) is 3.28. The van der Waals surface area contributed by atoms with E-state index in [0.29, 0.717) is 18.8 Å². The van der Waals surface area contributed by atoms with Gasteiger partial charge in [-0.2, -0.15) is 5.10 Å². The Labute approximate surface area is 158 Å². The van der Waals surface area contributed by atoms with E-state index >= 15 is 0 Å². The molecule has 1 aliphatic heterocycles. The first-order chi connectivity index (χ1) is 13.0. The van der Waals surface area contributed by atoms with Crippen LogP contribution in [0.2, 0.25) is 0 Å². The van der Waals surface area contributed by atoms with Gasteiger partial charge in [0.05, 0.1) is 12.6 Å². The third kappa shape index (κ3) is 3.30. The summed E-state index contributed by atoms with van der Waals surface area (Å²) in [5.74, 6) is 0.747. The molecule has 0 saturated heterocycles. The number of rotatable bonds is 2. The highest BCUT2D eigenvalue weighted by molar-refractivity contribution is 5.92. The number of ether oxygens (including phenoxy) is 1. The predicted octanol–water partition coefficient (Wildman–Crippen LogP) is 3.21. The van der Waals surface area contributed by atoms with Crippen LogP contribution >= 0.6 is 0 Å². The number of nitrogens with zero attached hydrogens (tertiary/aromatic N) is 4. The Morgan fingerprint density at radius 1 is 1.22 bits per heavy atom. The van der Waals surface area contributed by atoms with Gasteiger partial charge < -0.3 is 9.64 Å². The molecule has 138 valence electrons. The molecule has 2 aromatic heterocycles. The molecule has 0 N–H and O–H groups in total. The molecule has 6 nitrogen and oxygen atoms in total. The van der Waals surface area contributed by atoms with Crippen molar-refractivity contribution in [1.29, 1.82) is 0 Å². The lowest BCUT2D eigenvalue weighted by atomic mass is 10.0. The van der Waals surface area contributed by atoms with E-state index in [9.17, 15) is 4.79 Å². The molecule has 0 saturated carbocycles. The highest BCUT2D eigenvalue weighted by Crippen LogP contribution is 2.30. The Hall–Kier alpha value is -3.15. The first-order valence-corrected chi connectivity index (χ1v) is 9.00. The van der Waals surface area contributed by atoms with E-state index in [-0.39, 0.29) is 11.9 Å². The zero-order valence-corrected chi connectivity index (χ0v) is 15.7. The topological polar surface area (TPSA) is 60.3 Å². The number of pyridine rings is 1. The predicted molar refractivity (Wildman–Crippen MR) is 102 cm³/mol. The maximum absolute atomic E-state index is 13.1. The van der Waals surface area contributed by atoms with Gasteiger partial charge in [0.1, 0.15) is 12.4 Å². The summed E-state index contributed by atoms with van der Waals surface area (Å²) in [5, 5.41) is 4.35. The molecule has 1 amide bonds. The highest BCUT2D eigenvalue weighted by atomic mass is 16.5. The molecule has 1 atom stereocenters. The van der Waals surface area contributed by atoms with Crippen LogP contribution in [0.1, 0.15) is 28.7 Å². The van der Waals surface area contributed by atoms with Crippen molar-refractivity contribution in [2.45, 2.75) is 26.4 Å². The van der Waals surface area contributed by atoms with Crippen LogP contribution in [0, 0.1) is 6.92 Å². The highest BCUT2D eigenvalue weighted by Gasteiger charge is 2.28. The fraction of sp³-hybridized carbons (Fsp3) is 0.286. The van der Waals surface area contributed by atoms with E-state index in [4.69, 9.17) is 4.74 Å². The number of hydrogen-bond acceptors (Lipinski definition) is 4. The van der Waals surface area contributed by atoms with Gasteiger partial charge in [-0.05, 0) is 43.7 Å². The molecule has 0 aliphatic carbocycles. The minimum Gasteiger partial charge on any atom is -0.491 e.